The number of aromatic amines is 1. The highest BCUT2D eigenvalue weighted by Gasteiger charge is 2.60. The molecule has 0 atom stereocenters. The highest BCUT2D eigenvalue weighted by atomic mass is 19.4. The highest BCUT2D eigenvalue weighted by Crippen LogP contribution is 2.38. The standard InChI is InChI=1S/C7H8F3N3O3/c8-7(9,10)6(15-1-2-16-6)3-13-5(14)11-4-12-13/h4H,1-3H2,(H,11,12,14). The molecule has 1 N–H and O–H groups in total. The topological polar surface area (TPSA) is 69.1 Å². The van der Waals surface area contributed by atoms with E-state index in [1.807, 2.05) is 0 Å². The molecule has 1 aliphatic rings. The van der Waals surface area contributed by atoms with Gasteiger partial charge in [-0.15, -0.1) is 0 Å². The van der Waals surface area contributed by atoms with E-state index in [0.717, 1.165) is 6.33 Å². The van der Waals surface area contributed by atoms with Crippen molar-refractivity contribution in [3.05, 3.63) is 16.8 Å². The predicted octanol–water partition coefficient (Wildman–Crippen LogP) is -0.123. The van der Waals surface area contributed by atoms with Gasteiger partial charge in [0, 0.05) is 0 Å². The Kier molecular flexibility index (Phi) is 2.50. The number of ether oxygens (including phenoxy) is 2. The molecule has 0 saturated carbocycles. The van der Waals surface area contributed by atoms with E-state index >= 15 is 0 Å². The monoisotopic (exact) mass is 239 g/mol. The van der Waals surface area contributed by atoms with Crippen LogP contribution in [-0.2, 0) is 16.0 Å². The number of alkyl halides is 3. The molecule has 0 bridgehead atoms. The number of aromatic nitrogens is 3. The molecule has 0 amide bonds. The summed E-state index contributed by atoms with van der Waals surface area (Å²) >= 11 is 0. The van der Waals surface area contributed by atoms with Gasteiger partial charge in [-0.3, -0.25) is 4.98 Å². The number of rotatable bonds is 2. The van der Waals surface area contributed by atoms with Crippen molar-refractivity contribution in [2.45, 2.75) is 18.5 Å². The molecule has 1 saturated heterocycles. The highest BCUT2D eigenvalue weighted by molar-refractivity contribution is 4.83. The maximum Gasteiger partial charge on any atom is 0.445 e. The van der Waals surface area contributed by atoms with E-state index in [0.29, 0.717) is 4.68 Å². The molecule has 6 nitrogen and oxygen atoms in total. The average molecular weight is 239 g/mol. The summed E-state index contributed by atoms with van der Waals surface area (Å²) < 4.78 is 48.0. The smallest absolute Gasteiger partial charge is 0.339 e. The third-order valence-corrected chi connectivity index (χ3v) is 2.16. The van der Waals surface area contributed by atoms with Gasteiger partial charge in [0.1, 0.15) is 12.9 Å². The van der Waals surface area contributed by atoms with Gasteiger partial charge in [-0.1, -0.05) is 0 Å². The first-order chi connectivity index (χ1) is 7.45. The van der Waals surface area contributed by atoms with Crippen molar-refractivity contribution in [2.75, 3.05) is 13.2 Å². The predicted molar refractivity (Wildman–Crippen MR) is 43.5 cm³/mol. The Morgan fingerprint density at radius 2 is 2.12 bits per heavy atom. The average Bonchev–Trinajstić information content (AvgIpc) is 2.77. The lowest BCUT2D eigenvalue weighted by atomic mass is 10.2. The molecule has 1 aliphatic heterocycles. The van der Waals surface area contributed by atoms with Crippen LogP contribution in [0.5, 0.6) is 0 Å². The van der Waals surface area contributed by atoms with Crippen LogP contribution in [0.2, 0.25) is 0 Å². The van der Waals surface area contributed by atoms with Crippen LogP contribution >= 0.6 is 0 Å². The summed E-state index contributed by atoms with van der Waals surface area (Å²) in [7, 11) is 0. The molecule has 0 unspecified atom stereocenters. The molecule has 0 aliphatic carbocycles. The number of hydrogen-bond acceptors (Lipinski definition) is 4. The number of nitrogens with zero attached hydrogens (tertiary/aromatic N) is 2. The van der Waals surface area contributed by atoms with E-state index in [2.05, 4.69) is 19.6 Å². The number of halogens is 3. The van der Waals surface area contributed by atoms with Crippen molar-refractivity contribution >= 4 is 0 Å². The lowest BCUT2D eigenvalue weighted by Crippen LogP contribution is -2.51. The normalized spacial score (nSPS) is 20.2. The van der Waals surface area contributed by atoms with Crippen LogP contribution in [-0.4, -0.2) is 39.9 Å². The molecule has 90 valence electrons. The van der Waals surface area contributed by atoms with Crippen molar-refractivity contribution < 1.29 is 22.6 Å². The summed E-state index contributed by atoms with van der Waals surface area (Å²) in [5.74, 6) is -2.77. The van der Waals surface area contributed by atoms with E-state index < -0.39 is 24.2 Å². The van der Waals surface area contributed by atoms with Gasteiger partial charge in [-0.2, -0.15) is 18.3 Å². The molecule has 16 heavy (non-hydrogen) atoms. The molecular weight excluding hydrogens is 231 g/mol. The lowest BCUT2D eigenvalue weighted by Gasteiger charge is -2.28. The maximum atomic E-state index is 12.7. The van der Waals surface area contributed by atoms with Crippen LogP contribution in [0.25, 0.3) is 0 Å². The summed E-state index contributed by atoms with van der Waals surface area (Å²) in [5.41, 5.74) is -0.747. The SMILES string of the molecule is O=c1[nH]cnn1CC1(C(F)(F)F)OCCO1. The van der Waals surface area contributed by atoms with Gasteiger partial charge in [0.15, 0.2) is 0 Å². The second kappa shape index (κ2) is 3.59. The second-order valence-corrected chi connectivity index (χ2v) is 3.20. The van der Waals surface area contributed by atoms with E-state index in [-0.39, 0.29) is 13.2 Å². The van der Waals surface area contributed by atoms with Crippen LogP contribution in [0, 0.1) is 0 Å². The van der Waals surface area contributed by atoms with Gasteiger partial charge < -0.3 is 9.47 Å². The van der Waals surface area contributed by atoms with Crippen LogP contribution in [0.15, 0.2) is 11.1 Å². The molecule has 0 aromatic carbocycles. The fraction of sp³-hybridized carbons (Fsp3) is 0.714. The Morgan fingerprint density at radius 1 is 1.50 bits per heavy atom. The minimum atomic E-state index is -4.72. The minimum absolute atomic E-state index is 0.168. The van der Waals surface area contributed by atoms with Gasteiger partial charge in [0.25, 0.3) is 5.79 Å². The second-order valence-electron chi connectivity index (χ2n) is 3.20. The van der Waals surface area contributed by atoms with E-state index in [1.165, 1.54) is 0 Å². The van der Waals surface area contributed by atoms with Crippen molar-refractivity contribution in [3.8, 4) is 0 Å². The fourth-order valence-corrected chi connectivity index (χ4v) is 1.39. The zero-order valence-electron chi connectivity index (χ0n) is 7.95. The molecule has 9 heteroatoms. The summed E-state index contributed by atoms with van der Waals surface area (Å²) in [4.78, 5) is 13.2. The molecule has 0 radical (unpaired) electrons. The Balaban J connectivity index is 2.29. The molecule has 1 aromatic heterocycles. The molecule has 2 heterocycles. The van der Waals surface area contributed by atoms with Crippen molar-refractivity contribution in [2.24, 2.45) is 0 Å². The molecule has 2 rings (SSSR count). The van der Waals surface area contributed by atoms with E-state index in [9.17, 15) is 18.0 Å². The maximum absolute atomic E-state index is 12.7. The Morgan fingerprint density at radius 3 is 2.56 bits per heavy atom. The lowest BCUT2D eigenvalue weighted by molar-refractivity contribution is -0.349. The Hall–Kier alpha value is -1.35. The van der Waals surface area contributed by atoms with E-state index in [4.69, 9.17) is 0 Å². The first-order valence-corrected chi connectivity index (χ1v) is 4.40. The van der Waals surface area contributed by atoms with Gasteiger partial charge in [-0.05, 0) is 0 Å². The van der Waals surface area contributed by atoms with Crippen LogP contribution < -0.4 is 5.69 Å². The minimum Gasteiger partial charge on any atom is -0.339 e. The zero-order valence-corrected chi connectivity index (χ0v) is 7.95. The summed E-state index contributed by atoms with van der Waals surface area (Å²) in [6, 6.07) is 0. The van der Waals surface area contributed by atoms with Gasteiger partial charge >= 0.3 is 11.9 Å². The van der Waals surface area contributed by atoms with Crippen molar-refractivity contribution in [1.82, 2.24) is 14.8 Å². The Labute approximate surface area is 87.0 Å². The van der Waals surface area contributed by atoms with Crippen LogP contribution in [0.1, 0.15) is 0 Å². The fourth-order valence-electron chi connectivity index (χ4n) is 1.39. The summed E-state index contributed by atoms with van der Waals surface area (Å²) in [6.45, 7) is -1.16. The zero-order chi connectivity index (χ0) is 11.8. The first kappa shape index (κ1) is 11.1. The number of hydrogen-bond donors (Lipinski definition) is 1. The van der Waals surface area contributed by atoms with Crippen molar-refractivity contribution in [1.29, 1.82) is 0 Å². The largest absolute Gasteiger partial charge is 0.445 e. The summed E-state index contributed by atoms with van der Waals surface area (Å²) in [6.07, 6.45) is -3.72. The van der Waals surface area contributed by atoms with Gasteiger partial charge in [0.2, 0.25) is 0 Å². The molecule has 1 aromatic rings. The van der Waals surface area contributed by atoms with Crippen LogP contribution in [0.4, 0.5) is 13.2 Å². The van der Waals surface area contributed by atoms with Crippen molar-refractivity contribution in [3.63, 3.8) is 0 Å². The number of nitrogens with one attached hydrogen (secondary N) is 1. The quantitative estimate of drug-likeness (QED) is 0.781. The molecule has 0 spiro atoms. The van der Waals surface area contributed by atoms with Gasteiger partial charge in [0.05, 0.1) is 13.2 Å². The van der Waals surface area contributed by atoms with Gasteiger partial charge in [-0.25, -0.2) is 9.48 Å². The first-order valence-electron chi connectivity index (χ1n) is 4.40. The Bertz CT molecular complexity index is 418. The summed E-state index contributed by atoms with van der Waals surface area (Å²) in [5, 5.41) is 3.43. The number of H-pyrrole nitrogens is 1. The third-order valence-electron chi connectivity index (χ3n) is 2.16. The van der Waals surface area contributed by atoms with Crippen LogP contribution in [0.3, 0.4) is 0 Å². The molecular formula is C7H8F3N3O3. The van der Waals surface area contributed by atoms with E-state index in [1.54, 1.807) is 0 Å². The third kappa shape index (κ3) is 1.71. The molecule has 1 fully saturated rings.